The predicted molar refractivity (Wildman–Crippen MR) is 131 cm³/mol. The number of aryl methyl sites for hydroxylation is 1. The average molecular weight is 507 g/mol. The number of anilines is 1. The van der Waals surface area contributed by atoms with E-state index in [0.717, 1.165) is 11.4 Å². The highest BCUT2D eigenvalue weighted by atomic mass is 16.6. The number of carbonyl (C=O) groups is 1. The summed E-state index contributed by atoms with van der Waals surface area (Å²) < 4.78 is 12.5. The first kappa shape index (κ1) is 24.5. The molecule has 4 atom stereocenters. The van der Waals surface area contributed by atoms with Crippen molar-refractivity contribution in [2.24, 2.45) is 0 Å². The number of hydrogen-bond donors (Lipinski definition) is 4. The summed E-state index contributed by atoms with van der Waals surface area (Å²) in [6.45, 7) is 2.28. The normalized spacial score (nSPS) is 21.2. The third kappa shape index (κ3) is 4.67. The number of rotatable bonds is 7. The van der Waals surface area contributed by atoms with Gasteiger partial charge in [-0.1, -0.05) is 6.07 Å². The first-order valence-corrected chi connectivity index (χ1v) is 11.5. The predicted octanol–water partition coefficient (Wildman–Crippen LogP) is 0.578. The van der Waals surface area contributed by atoms with Gasteiger partial charge in [-0.25, -0.2) is 15.0 Å². The summed E-state index contributed by atoms with van der Waals surface area (Å²) in [7, 11) is 2.96. The third-order valence-corrected chi connectivity index (χ3v) is 6.03. The monoisotopic (exact) mass is 506 g/mol. The summed E-state index contributed by atoms with van der Waals surface area (Å²) in [6.07, 6.45) is -0.604. The smallest absolute Gasteiger partial charge is 0.251 e. The second-order valence-electron chi connectivity index (χ2n) is 8.50. The maximum Gasteiger partial charge on any atom is 0.251 e. The molecule has 4 aromatic rings. The zero-order valence-corrected chi connectivity index (χ0v) is 20.4. The number of carbonyl (C=O) groups excluding carboxylic acids is 1. The Morgan fingerprint density at radius 1 is 1.19 bits per heavy atom. The van der Waals surface area contributed by atoms with Crippen molar-refractivity contribution >= 4 is 22.9 Å². The van der Waals surface area contributed by atoms with Crippen LogP contribution < -0.4 is 15.4 Å². The fraction of sp³-hybridized carbons (Fsp3) is 0.333. The van der Waals surface area contributed by atoms with Crippen LogP contribution in [0.25, 0.3) is 22.6 Å². The molecule has 0 bridgehead atoms. The molecule has 4 N–H and O–H groups in total. The molecule has 5 heterocycles. The average Bonchev–Trinajstić information content (AvgIpc) is 3.47. The first-order chi connectivity index (χ1) is 17.9. The Bertz CT molecular complexity index is 1440. The summed E-state index contributed by atoms with van der Waals surface area (Å²) >= 11 is 0. The molecule has 192 valence electrons. The summed E-state index contributed by atoms with van der Waals surface area (Å²) in [5, 5.41) is 26.8. The number of imidazole rings is 1. The van der Waals surface area contributed by atoms with Gasteiger partial charge in [0.25, 0.3) is 5.91 Å². The minimum atomic E-state index is -1.43. The number of methoxy groups -OCH3 is 1. The van der Waals surface area contributed by atoms with Crippen molar-refractivity contribution in [1.82, 2.24) is 34.8 Å². The second-order valence-corrected chi connectivity index (χ2v) is 8.50. The van der Waals surface area contributed by atoms with Gasteiger partial charge in [0, 0.05) is 24.5 Å². The van der Waals surface area contributed by atoms with Crippen molar-refractivity contribution in [3.8, 4) is 17.1 Å². The van der Waals surface area contributed by atoms with Crippen LogP contribution >= 0.6 is 0 Å². The van der Waals surface area contributed by atoms with Crippen molar-refractivity contribution in [2.75, 3.05) is 19.5 Å². The number of hydrogen-bond acceptors (Lipinski definition) is 11. The van der Waals surface area contributed by atoms with E-state index in [-0.39, 0.29) is 0 Å². The number of likely N-dealkylation sites (N-methyl/N-ethyl adjacent to an activating group) is 1. The summed E-state index contributed by atoms with van der Waals surface area (Å²) in [4.78, 5) is 34.7. The molecule has 4 aromatic heterocycles. The van der Waals surface area contributed by atoms with Crippen LogP contribution in [0.5, 0.6) is 5.75 Å². The number of fused-ring (bicyclic) bond motifs is 1. The maximum absolute atomic E-state index is 12.2. The van der Waals surface area contributed by atoms with Crippen LogP contribution in [0.3, 0.4) is 0 Å². The van der Waals surface area contributed by atoms with E-state index in [1.165, 1.54) is 25.1 Å². The third-order valence-electron chi connectivity index (χ3n) is 6.03. The minimum Gasteiger partial charge on any atom is -0.495 e. The molecule has 0 aliphatic carbocycles. The highest BCUT2D eigenvalue weighted by Gasteiger charge is 2.47. The number of nitrogens with one attached hydrogen (secondary N) is 2. The summed E-state index contributed by atoms with van der Waals surface area (Å²) in [5.41, 5.74) is 3.00. The molecule has 0 saturated carbocycles. The Hall–Kier alpha value is -4.20. The Balaban J connectivity index is 1.59. The summed E-state index contributed by atoms with van der Waals surface area (Å²) in [6, 6.07) is 7.47. The SMILES string of the molecule is CNC(=O)[C@H]1O[C@@H](n2cnc3c(NCc4cccc(C)n4)nc(-c4cncc(OC)c4)nc32)[C@H](O)[C@@H]1O. The van der Waals surface area contributed by atoms with Gasteiger partial charge in [0.15, 0.2) is 35.1 Å². The lowest BCUT2D eigenvalue weighted by molar-refractivity contribution is -0.137. The fourth-order valence-corrected chi connectivity index (χ4v) is 4.13. The Morgan fingerprint density at radius 3 is 2.78 bits per heavy atom. The van der Waals surface area contributed by atoms with E-state index in [9.17, 15) is 15.0 Å². The number of ether oxygens (including phenoxy) is 2. The van der Waals surface area contributed by atoms with Gasteiger partial charge in [-0.2, -0.15) is 0 Å². The zero-order chi connectivity index (χ0) is 26.1. The zero-order valence-electron chi connectivity index (χ0n) is 20.4. The van der Waals surface area contributed by atoms with Crippen molar-refractivity contribution in [3.63, 3.8) is 0 Å². The van der Waals surface area contributed by atoms with Crippen molar-refractivity contribution in [3.05, 3.63) is 54.4 Å². The molecule has 5 rings (SSSR count). The standard InChI is InChI=1S/C24H26N8O5/c1-12-5-4-6-14(29-12)9-27-21-16-22(31-20(30-21)13-7-15(36-3)10-26-8-13)32(11-28-16)24-18(34)17(33)19(37-24)23(35)25-2/h4-8,10-11,17-19,24,33-34H,9H2,1-3H3,(H,25,35)(H,27,30,31)/t17-,18+,19-,24+/m0/s1. The highest BCUT2D eigenvalue weighted by Crippen LogP contribution is 2.34. The number of aromatic nitrogens is 6. The van der Waals surface area contributed by atoms with Gasteiger partial charge >= 0.3 is 0 Å². The lowest BCUT2D eigenvalue weighted by Gasteiger charge is -2.17. The van der Waals surface area contributed by atoms with Gasteiger partial charge in [0.1, 0.15) is 18.0 Å². The van der Waals surface area contributed by atoms with Crippen molar-refractivity contribution in [1.29, 1.82) is 0 Å². The van der Waals surface area contributed by atoms with Crippen LogP contribution in [-0.4, -0.2) is 78.1 Å². The lowest BCUT2D eigenvalue weighted by Crippen LogP contribution is -2.41. The fourth-order valence-electron chi connectivity index (χ4n) is 4.13. The van der Waals surface area contributed by atoms with Crippen LogP contribution in [-0.2, 0) is 16.1 Å². The maximum atomic E-state index is 12.2. The molecule has 1 aliphatic rings. The highest BCUT2D eigenvalue weighted by molar-refractivity contribution is 5.85. The van der Waals surface area contributed by atoms with Gasteiger partial charge in [0.05, 0.1) is 31.9 Å². The number of amides is 1. The topological polar surface area (TPSA) is 169 Å². The molecular weight excluding hydrogens is 480 g/mol. The van der Waals surface area contributed by atoms with Gasteiger partial charge in [0.2, 0.25) is 0 Å². The van der Waals surface area contributed by atoms with E-state index in [2.05, 4.69) is 35.6 Å². The van der Waals surface area contributed by atoms with E-state index >= 15 is 0 Å². The van der Waals surface area contributed by atoms with Crippen LogP contribution in [0.1, 0.15) is 17.6 Å². The van der Waals surface area contributed by atoms with E-state index in [0.29, 0.717) is 40.7 Å². The molecule has 37 heavy (non-hydrogen) atoms. The number of aliphatic hydroxyl groups excluding tert-OH is 2. The van der Waals surface area contributed by atoms with Crippen molar-refractivity contribution in [2.45, 2.75) is 38.0 Å². The molecule has 1 aliphatic heterocycles. The molecular formula is C24H26N8O5. The van der Waals surface area contributed by atoms with Gasteiger partial charge < -0.3 is 30.3 Å². The molecule has 1 amide bonds. The largest absolute Gasteiger partial charge is 0.495 e. The van der Waals surface area contributed by atoms with Gasteiger partial charge in [-0.05, 0) is 25.1 Å². The number of pyridine rings is 2. The molecule has 1 fully saturated rings. The molecule has 0 aromatic carbocycles. The van der Waals surface area contributed by atoms with Gasteiger partial charge in [-0.3, -0.25) is 19.3 Å². The van der Waals surface area contributed by atoms with Crippen LogP contribution in [0, 0.1) is 6.92 Å². The minimum absolute atomic E-state index is 0.316. The molecule has 0 spiro atoms. The second kappa shape index (κ2) is 10.0. The first-order valence-electron chi connectivity index (χ1n) is 11.5. The van der Waals surface area contributed by atoms with E-state index in [4.69, 9.17) is 9.47 Å². The Kier molecular flexibility index (Phi) is 6.65. The molecule has 13 heteroatoms. The quantitative estimate of drug-likeness (QED) is 0.276. The Morgan fingerprint density at radius 2 is 2.03 bits per heavy atom. The number of aliphatic hydroxyl groups is 2. The lowest BCUT2D eigenvalue weighted by atomic mass is 10.1. The molecule has 13 nitrogen and oxygen atoms in total. The molecule has 0 radical (unpaired) electrons. The van der Waals surface area contributed by atoms with Crippen LogP contribution in [0.2, 0.25) is 0 Å². The number of nitrogens with zero attached hydrogens (tertiary/aromatic N) is 6. The van der Waals surface area contributed by atoms with Crippen LogP contribution in [0.4, 0.5) is 5.82 Å². The molecule has 1 saturated heterocycles. The molecule has 0 unspecified atom stereocenters. The van der Waals surface area contributed by atoms with E-state index in [1.807, 2.05) is 25.1 Å². The van der Waals surface area contributed by atoms with Crippen molar-refractivity contribution < 1.29 is 24.5 Å². The van der Waals surface area contributed by atoms with Gasteiger partial charge in [-0.15, -0.1) is 0 Å². The van der Waals surface area contributed by atoms with E-state index in [1.54, 1.807) is 18.5 Å². The van der Waals surface area contributed by atoms with E-state index < -0.39 is 30.4 Å². The Labute approximate surface area is 211 Å². The summed E-state index contributed by atoms with van der Waals surface area (Å²) in [5.74, 6) is 0.709. The van der Waals surface area contributed by atoms with Crippen LogP contribution in [0.15, 0.2) is 43.0 Å².